The van der Waals surface area contributed by atoms with Crippen molar-refractivity contribution in [1.82, 2.24) is 10.2 Å². The lowest BCUT2D eigenvalue weighted by Crippen LogP contribution is -1.88. The average molecular weight is 189 g/mol. The van der Waals surface area contributed by atoms with Crippen LogP contribution in [0.2, 0.25) is 0 Å². The monoisotopic (exact) mass is 189 g/mol. The van der Waals surface area contributed by atoms with Gasteiger partial charge in [0.2, 0.25) is 0 Å². The largest absolute Gasteiger partial charge is 0.507 e. The number of aryl methyl sites for hydroxylation is 1. The highest BCUT2D eigenvalue weighted by atomic mass is 16.3. The van der Waals surface area contributed by atoms with Crippen molar-refractivity contribution in [3.63, 3.8) is 0 Å². The van der Waals surface area contributed by atoms with E-state index in [4.69, 9.17) is 5.73 Å². The standard InChI is InChI=1S/C10H11N3O/c1-6-2-3-7(9(14)4-6)8-5-12-13-10(8)11/h2-5,14H,1H3,(H3,11,12,13). The first-order chi connectivity index (χ1) is 6.68. The number of aromatic hydroxyl groups is 1. The topological polar surface area (TPSA) is 74.9 Å². The van der Waals surface area contributed by atoms with E-state index in [1.54, 1.807) is 12.3 Å². The summed E-state index contributed by atoms with van der Waals surface area (Å²) in [6.07, 6.45) is 1.60. The van der Waals surface area contributed by atoms with E-state index in [1.165, 1.54) is 0 Å². The molecule has 0 amide bonds. The molecule has 0 aliphatic rings. The van der Waals surface area contributed by atoms with Crippen LogP contribution in [0.4, 0.5) is 5.82 Å². The van der Waals surface area contributed by atoms with Gasteiger partial charge in [-0.25, -0.2) is 0 Å². The molecule has 0 bridgehead atoms. The van der Waals surface area contributed by atoms with Gasteiger partial charge in [0, 0.05) is 11.1 Å². The van der Waals surface area contributed by atoms with Crippen LogP contribution in [0, 0.1) is 6.92 Å². The maximum absolute atomic E-state index is 9.69. The Bertz CT molecular complexity index is 462. The van der Waals surface area contributed by atoms with Gasteiger partial charge in [-0.05, 0) is 18.6 Å². The SMILES string of the molecule is Cc1ccc(-c2cn[nH]c2N)c(O)c1. The zero-order chi connectivity index (χ0) is 10.1. The van der Waals surface area contributed by atoms with Gasteiger partial charge in [-0.3, -0.25) is 5.10 Å². The Morgan fingerprint density at radius 2 is 2.14 bits per heavy atom. The first kappa shape index (κ1) is 8.62. The molecule has 72 valence electrons. The number of hydrogen-bond acceptors (Lipinski definition) is 3. The fourth-order valence-electron chi connectivity index (χ4n) is 1.38. The van der Waals surface area contributed by atoms with Gasteiger partial charge in [0.1, 0.15) is 11.6 Å². The molecule has 4 N–H and O–H groups in total. The van der Waals surface area contributed by atoms with E-state index in [0.29, 0.717) is 11.4 Å². The Morgan fingerprint density at radius 3 is 2.71 bits per heavy atom. The van der Waals surface area contributed by atoms with E-state index in [1.807, 2.05) is 19.1 Å². The summed E-state index contributed by atoms with van der Waals surface area (Å²) >= 11 is 0. The molecule has 0 saturated heterocycles. The van der Waals surface area contributed by atoms with E-state index in [-0.39, 0.29) is 5.75 Å². The molecular weight excluding hydrogens is 178 g/mol. The molecule has 0 aliphatic carbocycles. The fourth-order valence-corrected chi connectivity index (χ4v) is 1.38. The molecule has 1 aromatic heterocycles. The van der Waals surface area contributed by atoms with Crippen molar-refractivity contribution in [2.75, 3.05) is 5.73 Å². The van der Waals surface area contributed by atoms with Gasteiger partial charge in [0.15, 0.2) is 0 Å². The van der Waals surface area contributed by atoms with Crippen LogP contribution in [-0.2, 0) is 0 Å². The van der Waals surface area contributed by atoms with Crippen LogP contribution in [0.3, 0.4) is 0 Å². The molecule has 0 aliphatic heterocycles. The van der Waals surface area contributed by atoms with Crippen molar-refractivity contribution in [2.45, 2.75) is 6.92 Å². The Morgan fingerprint density at radius 1 is 1.36 bits per heavy atom. The van der Waals surface area contributed by atoms with Gasteiger partial charge in [-0.1, -0.05) is 12.1 Å². The van der Waals surface area contributed by atoms with Crippen LogP contribution in [0.15, 0.2) is 24.4 Å². The van der Waals surface area contributed by atoms with Crippen molar-refractivity contribution in [1.29, 1.82) is 0 Å². The number of H-pyrrole nitrogens is 1. The summed E-state index contributed by atoms with van der Waals surface area (Å²) in [5.74, 6) is 0.683. The lowest BCUT2D eigenvalue weighted by atomic mass is 10.1. The third-order valence-corrected chi connectivity index (χ3v) is 2.11. The predicted octanol–water partition coefficient (Wildman–Crippen LogP) is 1.67. The number of benzene rings is 1. The summed E-state index contributed by atoms with van der Waals surface area (Å²) in [7, 11) is 0. The molecule has 4 nitrogen and oxygen atoms in total. The van der Waals surface area contributed by atoms with Crippen LogP contribution < -0.4 is 5.73 Å². The third kappa shape index (κ3) is 1.31. The number of aromatic amines is 1. The highest BCUT2D eigenvalue weighted by Crippen LogP contribution is 2.32. The van der Waals surface area contributed by atoms with Gasteiger partial charge in [0.25, 0.3) is 0 Å². The second-order valence-electron chi connectivity index (χ2n) is 3.22. The van der Waals surface area contributed by atoms with E-state index < -0.39 is 0 Å². The summed E-state index contributed by atoms with van der Waals surface area (Å²) < 4.78 is 0. The van der Waals surface area contributed by atoms with Crippen LogP contribution in [0.1, 0.15) is 5.56 Å². The number of anilines is 1. The van der Waals surface area contributed by atoms with Gasteiger partial charge in [-0.2, -0.15) is 5.10 Å². The smallest absolute Gasteiger partial charge is 0.126 e. The van der Waals surface area contributed by atoms with Crippen molar-refractivity contribution >= 4 is 5.82 Å². The Hall–Kier alpha value is -1.97. The average Bonchev–Trinajstić information content (AvgIpc) is 2.52. The highest BCUT2D eigenvalue weighted by Gasteiger charge is 2.08. The lowest BCUT2D eigenvalue weighted by molar-refractivity contribution is 0.477. The minimum atomic E-state index is 0.220. The van der Waals surface area contributed by atoms with Gasteiger partial charge in [-0.15, -0.1) is 0 Å². The Balaban J connectivity index is 2.58. The number of hydrogen-bond donors (Lipinski definition) is 3. The maximum Gasteiger partial charge on any atom is 0.126 e. The predicted molar refractivity (Wildman–Crippen MR) is 54.8 cm³/mol. The first-order valence-electron chi connectivity index (χ1n) is 4.27. The van der Waals surface area contributed by atoms with E-state index in [0.717, 1.165) is 11.1 Å². The summed E-state index contributed by atoms with van der Waals surface area (Å²) in [5, 5.41) is 16.1. The van der Waals surface area contributed by atoms with Crippen molar-refractivity contribution in [3.05, 3.63) is 30.0 Å². The molecule has 2 rings (SSSR count). The van der Waals surface area contributed by atoms with Crippen LogP contribution >= 0.6 is 0 Å². The quantitative estimate of drug-likeness (QED) is 0.638. The molecule has 0 atom stereocenters. The molecule has 1 aromatic carbocycles. The first-order valence-corrected chi connectivity index (χ1v) is 4.27. The fraction of sp³-hybridized carbons (Fsp3) is 0.100. The molecule has 1 heterocycles. The van der Waals surface area contributed by atoms with Gasteiger partial charge < -0.3 is 10.8 Å². The van der Waals surface area contributed by atoms with E-state index >= 15 is 0 Å². The number of phenolic OH excluding ortho intramolecular Hbond substituents is 1. The van der Waals surface area contributed by atoms with E-state index in [2.05, 4.69) is 10.2 Å². The molecular formula is C10H11N3O. The molecule has 0 fully saturated rings. The minimum absolute atomic E-state index is 0.220. The van der Waals surface area contributed by atoms with Crippen LogP contribution in [-0.4, -0.2) is 15.3 Å². The number of aromatic nitrogens is 2. The number of rotatable bonds is 1. The molecule has 0 radical (unpaired) electrons. The Kier molecular flexibility index (Phi) is 1.89. The number of nitrogens with zero attached hydrogens (tertiary/aromatic N) is 1. The number of nitrogen functional groups attached to an aromatic ring is 1. The summed E-state index contributed by atoms with van der Waals surface area (Å²) in [4.78, 5) is 0. The van der Waals surface area contributed by atoms with Gasteiger partial charge >= 0.3 is 0 Å². The second-order valence-corrected chi connectivity index (χ2v) is 3.22. The molecule has 4 heteroatoms. The molecule has 2 aromatic rings. The number of phenols is 1. The summed E-state index contributed by atoms with van der Waals surface area (Å²) in [6.45, 7) is 1.92. The van der Waals surface area contributed by atoms with Crippen molar-refractivity contribution in [3.8, 4) is 16.9 Å². The molecule has 0 saturated carbocycles. The zero-order valence-electron chi connectivity index (χ0n) is 7.78. The van der Waals surface area contributed by atoms with Gasteiger partial charge in [0.05, 0.1) is 6.20 Å². The van der Waals surface area contributed by atoms with E-state index in [9.17, 15) is 5.11 Å². The van der Waals surface area contributed by atoms with Crippen LogP contribution in [0.5, 0.6) is 5.75 Å². The molecule has 0 unspecified atom stereocenters. The Labute approximate surface area is 81.4 Å². The maximum atomic E-state index is 9.69. The normalized spacial score (nSPS) is 10.4. The molecule has 14 heavy (non-hydrogen) atoms. The number of nitrogens with two attached hydrogens (primary N) is 1. The number of nitrogens with one attached hydrogen (secondary N) is 1. The van der Waals surface area contributed by atoms with Crippen LogP contribution in [0.25, 0.3) is 11.1 Å². The molecule has 0 spiro atoms. The zero-order valence-corrected chi connectivity index (χ0v) is 7.78. The van der Waals surface area contributed by atoms with Crippen molar-refractivity contribution in [2.24, 2.45) is 0 Å². The minimum Gasteiger partial charge on any atom is -0.507 e. The van der Waals surface area contributed by atoms with Crippen molar-refractivity contribution < 1.29 is 5.11 Å². The third-order valence-electron chi connectivity index (χ3n) is 2.11. The summed E-state index contributed by atoms with van der Waals surface area (Å²) in [5.41, 5.74) is 8.08. The highest BCUT2D eigenvalue weighted by molar-refractivity contribution is 5.77. The summed E-state index contributed by atoms with van der Waals surface area (Å²) in [6, 6.07) is 5.44. The second kappa shape index (κ2) is 3.06. The lowest BCUT2D eigenvalue weighted by Gasteiger charge is -2.03.